The van der Waals surface area contributed by atoms with Crippen LogP contribution < -0.4 is 0 Å². The summed E-state index contributed by atoms with van der Waals surface area (Å²) in [6.45, 7) is 9.55. The van der Waals surface area contributed by atoms with Gasteiger partial charge in [0.05, 0.1) is 12.0 Å². The molecule has 0 radical (unpaired) electrons. The van der Waals surface area contributed by atoms with Crippen LogP contribution in [0.15, 0.2) is 0 Å². The molecule has 0 aromatic heterocycles. The van der Waals surface area contributed by atoms with Crippen LogP contribution in [0.25, 0.3) is 0 Å². The van der Waals surface area contributed by atoms with Crippen LogP contribution in [0.3, 0.4) is 0 Å². The zero-order valence-corrected chi connectivity index (χ0v) is 18.2. The van der Waals surface area contributed by atoms with Crippen LogP contribution in [0.1, 0.15) is 33.6 Å². The number of likely N-dealkylation sites (tertiary alicyclic amines) is 2. The predicted octanol–water partition coefficient (Wildman–Crippen LogP) is 2.29. The summed E-state index contributed by atoms with van der Waals surface area (Å²) < 4.78 is 37.2. The van der Waals surface area contributed by atoms with Gasteiger partial charge in [-0.25, -0.2) is 9.59 Å². The number of carboxylic acid groups (broad SMARTS) is 1. The highest BCUT2D eigenvalue weighted by molar-refractivity contribution is 5.79. The highest BCUT2D eigenvalue weighted by atomic mass is 19.4. The second-order valence-corrected chi connectivity index (χ2v) is 8.13. The fourth-order valence-corrected chi connectivity index (χ4v) is 3.93. The van der Waals surface area contributed by atoms with Crippen molar-refractivity contribution >= 4 is 18.0 Å². The monoisotopic (exact) mass is 439 g/mol. The molecule has 0 unspecified atom stereocenters. The predicted molar refractivity (Wildman–Crippen MR) is 103 cm³/mol. The number of aliphatic carboxylic acids is 1. The van der Waals surface area contributed by atoms with Crippen LogP contribution in [0.5, 0.6) is 0 Å². The van der Waals surface area contributed by atoms with Crippen LogP contribution >= 0.6 is 0 Å². The van der Waals surface area contributed by atoms with E-state index in [1.165, 1.54) is 0 Å². The Hall–Kier alpha value is -2.04. The molecule has 2 aliphatic rings. The van der Waals surface area contributed by atoms with Crippen LogP contribution in [-0.4, -0.2) is 96.9 Å². The normalized spacial score (nSPS) is 24.4. The van der Waals surface area contributed by atoms with Gasteiger partial charge < -0.3 is 19.6 Å². The highest BCUT2D eigenvalue weighted by Crippen LogP contribution is 2.44. The molecule has 1 N–H and O–H groups in total. The van der Waals surface area contributed by atoms with Crippen molar-refractivity contribution in [2.45, 2.75) is 45.8 Å². The van der Waals surface area contributed by atoms with Crippen molar-refractivity contribution in [3.8, 4) is 0 Å². The maximum Gasteiger partial charge on any atom is 0.490 e. The number of rotatable bonds is 3. The first-order chi connectivity index (χ1) is 13.8. The van der Waals surface area contributed by atoms with Gasteiger partial charge in [-0.2, -0.15) is 13.2 Å². The lowest BCUT2D eigenvalue weighted by Crippen LogP contribution is -2.45. The smallest absolute Gasteiger partial charge is 0.475 e. The Morgan fingerprint density at radius 1 is 1.23 bits per heavy atom. The number of esters is 1. The summed E-state index contributed by atoms with van der Waals surface area (Å²) in [6.07, 6.45) is -3.43. The Labute approximate surface area is 174 Å². The van der Waals surface area contributed by atoms with E-state index < -0.39 is 17.6 Å². The van der Waals surface area contributed by atoms with E-state index >= 15 is 0 Å². The number of fused-ring (bicyclic) bond motifs is 1. The number of carbonyl (C=O) groups is 3. The Morgan fingerprint density at radius 3 is 2.23 bits per heavy atom. The zero-order chi connectivity index (χ0) is 23.3. The Morgan fingerprint density at radius 2 is 1.80 bits per heavy atom. The van der Waals surface area contributed by atoms with Gasteiger partial charge in [0.15, 0.2) is 0 Å². The second kappa shape index (κ2) is 10.3. The summed E-state index contributed by atoms with van der Waals surface area (Å²) in [5, 5.41) is 7.12. The Balaban J connectivity index is 0.000000553. The van der Waals surface area contributed by atoms with Crippen molar-refractivity contribution in [3.63, 3.8) is 0 Å². The van der Waals surface area contributed by atoms with Crippen LogP contribution in [0.2, 0.25) is 0 Å². The number of urea groups is 1. The SMILES string of the molecule is CCOC(=O)[C@]12CCCN(C(=O)N(C)C)C[C@H]1CN(C(C)C)C2.O=C(O)C(F)(F)F. The van der Waals surface area contributed by atoms with Gasteiger partial charge in [-0.05, 0) is 33.6 Å². The summed E-state index contributed by atoms with van der Waals surface area (Å²) in [6, 6.07) is 0.430. The largest absolute Gasteiger partial charge is 0.490 e. The van der Waals surface area contributed by atoms with E-state index in [2.05, 4.69) is 18.7 Å². The quantitative estimate of drug-likeness (QED) is 0.679. The topological polar surface area (TPSA) is 90.4 Å². The molecule has 0 aromatic carbocycles. The number of amides is 2. The van der Waals surface area contributed by atoms with Gasteiger partial charge in [-0.1, -0.05) is 0 Å². The molecule has 0 aliphatic carbocycles. The number of hydrogen-bond donors (Lipinski definition) is 1. The molecule has 0 spiro atoms. The molecule has 11 heteroatoms. The van der Waals surface area contributed by atoms with Gasteiger partial charge in [-0.3, -0.25) is 9.69 Å². The summed E-state index contributed by atoms with van der Waals surface area (Å²) in [5.41, 5.74) is -0.457. The fraction of sp³-hybridized carbons (Fsp3) is 0.842. The van der Waals surface area contributed by atoms with Gasteiger partial charge in [0, 0.05) is 52.2 Å². The van der Waals surface area contributed by atoms with Crippen LogP contribution in [0.4, 0.5) is 18.0 Å². The molecule has 2 saturated heterocycles. The van der Waals surface area contributed by atoms with Gasteiger partial charge in [0.1, 0.15) is 0 Å². The first kappa shape index (κ1) is 26.0. The number of nitrogens with zero attached hydrogens (tertiary/aromatic N) is 3. The van der Waals surface area contributed by atoms with E-state index in [-0.39, 0.29) is 17.9 Å². The van der Waals surface area contributed by atoms with Gasteiger partial charge in [0.2, 0.25) is 0 Å². The lowest BCUT2D eigenvalue weighted by atomic mass is 9.75. The van der Waals surface area contributed by atoms with Crippen molar-refractivity contribution in [1.82, 2.24) is 14.7 Å². The van der Waals surface area contributed by atoms with Crippen molar-refractivity contribution in [3.05, 3.63) is 0 Å². The molecule has 0 saturated carbocycles. The van der Waals surface area contributed by atoms with E-state index in [1.807, 2.05) is 11.8 Å². The summed E-state index contributed by atoms with van der Waals surface area (Å²) in [7, 11) is 3.56. The van der Waals surface area contributed by atoms with Crippen molar-refractivity contribution in [1.29, 1.82) is 0 Å². The van der Waals surface area contributed by atoms with Gasteiger partial charge in [0.25, 0.3) is 0 Å². The minimum absolute atomic E-state index is 0.0349. The van der Waals surface area contributed by atoms with E-state index in [0.717, 1.165) is 32.5 Å². The maximum atomic E-state index is 12.8. The first-order valence-electron chi connectivity index (χ1n) is 9.93. The molecule has 2 fully saturated rings. The molecule has 2 rings (SSSR count). The number of ether oxygens (including phenoxy) is 1. The van der Waals surface area contributed by atoms with E-state index in [9.17, 15) is 22.8 Å². The Kier molecular flexibility index (Phi) is 8.94. The van der Waals surface area contributed by atoms with Gasteiger partial charge >= 0.3 is 24.1 Å². The number of hydrogen-bond acceptors (Lipinski definition) is 5. The van der Waals surface area contributed by atoms with Crippen molar-refractivity contribution < 1.29 is 37.4 Å². The molecule has 0 aromatic rings. The van der Waals surface area contributed by atoms with Crippen molar-refractivity contribution in [2.24, 2.45) is 11.3 Å². The molecule has 2 aliphatic heterocycles. The third kappa shape index (κ3) is 6.23. The third-order valence-electron chi connectivity index (χ3n) is 5.52. The summed E-state index contributed by atoms with van der Waals surface area (Å²) in [4.78, 5) is 39.9. The Bertz CT molecular complexity index is 627. The minimum Gasteiger partial charge on any atom is -0.475 e. The molecular weight excluding hydrogens is 407 g/mol. The summed E-state index contributed by atoms with van der Waals surface area (Å²) >= 11 is 0. The molecule has 2 amide bonds. The van der Waals surface area contributed by atoms with Crippen LogP contribution in [0, 0.1) is 11.3 Å². The molecule has 174 valence electrons. The zero-order valence-electron chi connectivity index (χ0n) is 18.2. The molecule has 2 atom stereocenters. The molecular formula is C19H32F3N3O5. The van der Waals surface area contributed by atoms with Gasteiger partial charge in [-0.15, -0.1) is 0 Å². The fourth-order valence-electron chi connectivity index (χ4n) is 3.93. The summed E-state index contributed by atoms with van der Waals surface area (Å²) in [5.74, 6) is -2.69. The molecule has 2 heterocycles. The maximum absolute atomic E-state index is 12.8. The first-order valence-corrected chi connectivity index (χ1v) is 9.93. The molecule has 8 nitrogen and oxygen atoms in total. The van der Waals surface area contributed by atoms with E-state index in [4.69, 9.17) is 14.6 Å². The highest BCUT2D eigenvalue weighted by Gasteiger charge is 2.54. The lowest BCUT2D eigenvalue weighted by Gasteiger charge is -2.32. The van der Waals surface area contributed by atoms with E-state index in [0.29, 0.717) is 19.2 Å². The van der Waals surface area contributed by atoms with Crippen molar-refractivity contribution in [2.75, 3.05) is 46.9 Å². The average molecular weight is 439 g/mol. The number of alkyl halides is 3. The standard InChI is InChI=1S/C17H31N3O3.C2HF3O2/c1-6-23-15(21)17-8-7-9-19(16(22)18(4)5)10-14(17)11-20(12-17)13(2)3;3-2(4,5)1(6)7/h13-14H,6-12H2,1-5H3;(H,6,7)/t14-,17-;/m0./s1. The van der Waals surface area contributed by atoms with Crippen LogP contribution in [-0.2, 0) is 14.3 Å². The number of halogens is 3. The number of carbonyl (C=O) groups excluding carboxylic acids is 2. The second-order valence-electron chi connectivity index (χ2n) is 8.13. The minimum atomic E-state index is -5.08. The third-order valence-corrected chi connectivity index (χ3v) is 5.52. The molecule has 0 bridgehead atoms. The van der Waals surface area contributed by atoms with E-state index in [1.54, 1.807) is 19.0 Å². The molecule has 30 heavy (non-hydrogen) atoms. The number of carboxylic acids is 1. The average Bonchev–Trinajstić information content (AvgIpc) is 2.90. The lowest BCUT2D eigenvalue weighted by molar-refractivity contribution is -0.192.